The first kappa shape index (κ1) is 15.5. The SMILES string of the molecule is Cc1cc(C(=O)N2CCC(c3noc(-c4ccncc4)n3)C2)nn1C. The van der Waals surface area contributed by atoms with Crippen molar-refractivity contribution in [1.82, 2.24) is 29.8 Å². The lowest BCUT2D eigenvalue weighted by Gasteiger charge is -2.13. The number of aryl methyl sites for hydroxylation is 2. The van der Waals surface area contributed by atoms with Gasteiger partial charge in [-0.3, -0.25) is 14.5 Å². The van der Waals surface area contributed by atoms with Gasteiger partial charge in [-0.2, -0.15) is 10.1 Å². The van der Waals surface area contributed by atoms with Gasteiger partial charge in [0, 0.05) is 49.7 Å². The van der Waals surface area contributed by atoms with Gasteiger partial charge in [-0.05, 0) is 31.5 Å². The Bertz CT molecular complexity index is 882. The summed E-state index contributed by atoms with van der Waals surface area (Å²) in [6, 6.07) is 5.46. The molecule has 0 spiro atoms. The second kappa shape index (κ2) is 6.12. The minimum atomic E-state index is -0.0518. The zero-order valence-electron chi connectivity index (χ0n) is 14.1. The Balaban J connectivity index is 1.47. The maximum atomic E-state index is 12.6. The smallest absolute Gasteiger partial charge is 0.274 e. The molecule has 4 rings (SSSR count). The Morgan fingerprint density at radius 2 is 2.12 bits per heavy atom. The van der Waals surface area contributed by atoms with E-state index in [1.807, 2.05) is 32.2 Å². The van der Waals surface area contributed by atoms with Gasteiger partial charge in [0.1, 0.15) is 0 Å². The van der Waals surface area contributed by atoms with E-state index in [1.165, 1.54) is 0 Å². The fraction of sp³-hybridized carbons (Fsp3) is 0.353. The summed E-state index contributed by atoms with van der Waals surface area (Å²) in [7, 11) is 1.83. The third-order valence-corrected chi connectivity index (χ3v) is 4.54. The molecular formula is C17H18N6O2. The number of nitrogens with zero attached hydrogens (tertiary/aromatic N) is 6. The van der Waals surface area contributed by atoms with E-state index >= 15 is 0 Å². The molecule has 128 valence electrons. The van der Waals surface area contributed by atoms with Crippen molar-refractivity contribution in [2.45, 2.75) is 19.3 Å². The average molecular weight is 338 g/mol. The van der Waals surface area contributed by atoms with E-state index in [1.54, 1.807) is 22.0 Å². The maximum Gasteiger partial charge on any atom is 0.274 e. The van der Waals surface area contributed by atoms with Gasteiger partial charge in [0.2, 0.25) is 0 Å². The number of carbonyl (C=O) groups excluding carboxylic acids is 1. The second-order valence-electron chi connectivity index (χ2n) is 6.22. The molecular weight excluding hydrogens is 320 g/mol. The van der Waals surface area contributed by atoms with Crippen LogP contribution in [0, 0.1) is 6.92 Å². The monoisotopic (exact) mass is 338 g/mol. The Morgan fingerprint density at radius 1 is 1.32 bits per heavy atom. The fourth-order valence-corrected chi connectivity index (χ4v) is 3.00. The van der Waals surface area contributed by atoms with E-state index in [9.17, 15) is 4.79 Å². The summed E-state index contributed by atoms with van der Waals surface area (Å²) < 4.78 is 7.06. The summed E-state index contributed by atoms with van der Waals surface area (Å²) in [6.45, 7) is 3.17. The first-order chi connectivity index (χ1) is 12.1. The van der Waals surface area contributed by atoms with Gasteiger partial charge in [0.15, 0.2) is 11.5 Å². The van der Waals surface area contributed by atoms with Gasteiger partial charge in [0.25, 0.3) is 11.8 Å². The van der Waals surface area contributed by atoms with Crippen LogP contribution in [0.1, 0.15) is 34.3 Å². The highest BCUT2D eigenvalue weighted by atomic mass is 16.5. The van der Waals surface area contributed by atoms with Gasteiger partial charge >= 0.3 is 0 Å². The molecule has 1 unspecified atom stereocenters. The quantitative estimate of drug-likeness (QED) is 0.723. The lowest BCUT2D eigenvalue weighted by atomic mass is 10.1. The number of hydrogen-bond acceptors (Lipinski definition) is 6. The van der Waals surface area contributed by atoms with E-state index in [2.05, 4.69) is 20.2 Å². The number of likely N-dealkylation sites (tertiary alicyclic amines) is 1. The number of aromatic nitrogens is 5. The molecule has 4 heterocycles. The summed E-state index contributed by atoms with van der Waals surface area (Å²) in [5, 5.41) is 8.36. The van der Waals surface area contributed by atoms with Crippen molar-refractivity contribution < 1.29 is 9.32 Å². The molecule has 1 saturated heterocycles. The van der Waals surface area contributed by atoms with Crippen molar-refractivity contribution in [3.05, 3.63) is 47.8 Å². The number of rotatable bonds is 3. The molecule has 25 heavy (non-hydrogen) atoms. The molecule has 3 aromatic rings. The number of pyridine rings is 1. The Kier molecular flexibility index (Phi) is 3.79. The lowest BCUT2D eigenvalue weighted by molar-refractivity contribution is 0.0784. The van der Waals surface area contributed by atoms with Crippen LogP contribution in [-0.4, -0.2) is 48.8 Å². The number of hydrogen-bond donors (Lipinski definition) is 0. The van der Waals surface area contributed by atoms with E-state index in [-0.39, 0.29) is 11.8 Å². The zero-order chi connectivity index (χ0) is 17.4. The standard InChI is InChI=1S/C17H18N6O2/c1-11-9-14(20-22(11)2)17(24)23-8-5-13(10-23)15-19-16(25-21-15)12-3-6-18-7-4-12/h3-4,6-7,9,13H,5,8,10H2,1-2H3. The molecule has 8 nitrogen and oxygen atoms in total. The molecule has 0 aliphatic carbocycles. The summed E-state index contributed by atoms with van der Waals surface area (Å²) in [4.78, 5) is 22.9. The molecule has 0 saturated carbocycles. The van der Waals surface area contributed by atoms with Crippen LogP contribution in [0.2, 0.25) is 0 Å². The molecule has 0 radical (unpaired) electrons. The first-order valence-corrected chi connectivity index (χ1v) is 8.16. The number of carbonyl (C=O) groups is 1. The fourth-order valence-electron chi connectivity index (χ4n) is 3.00. The van der Waals surface area contributed by atoms with E-state index in [0.717, 1.165) is 17.7 Å². The highest BCUT2D eigenvalue weighted by molar-refractivity contribution is 5.92. The van der Waals surface area contributed by atoms with Gasteiger partial charge in [-0.25, -0.2) is 0 Å². The zero-order valence-corrected chi connectivity index (χ0v) is 14.1. The average Bonchev–Trinajstić information content (AvgIpc) is 3.35. The van der Waals surface area contributed by atoms with Crippen molar-refractivity contribution in [2.24, 2.45) is 7.05 Å². The van der Waals surface area contributed by atoms with Crippen molar-refractivity contribution in [1.29, 1.82) is 0 Å². The molecule has 3 aromatic heterocycles. The predicted molar refractivity (Wildman–Crippen MR) is 88.7 cm³/mol. The van der Waals surface area contributed by atoms with Gasteiger partial charge in [-0.15, -0.1) is 0 Å². The van der Waals surface area contributed by atoms with Crippen molar-refractivity contribution in [3.8, 4) is 11.5 Å². The summed E-state index contributed by atoms with van der Waals surface area (Å²) in [5.41, 5.74) is 2.27. The molecule has 8 heteroatoms. The first-order valence-electron chi connectivity index (χ1n) is 8.16. The van der Waals surface area contributed by atoms with Crippen LogP contribution in [0.25, 0.3) is 11.5 Å². The van der Waals surface area contributed by atoms with Crippen LogP contribution in [0.4, 0.5) is 0 Å². The summed E-state index contributed by atoms with van der Waals surface area (Å²) in [5.74, 6) is 1.14. The van der Waals surface area contributed by atoms with Crippen molar-refractivity contribution in [3.63, 3.8) is 0 Å². The van der Waals surface area contributed by atoms with Gasteiger partial charge in [-0.1, -0.05) is 5.16 Å². The van der Waals surface area contributed by atoms with E-state index in [0.29, 0.717) is 30.5 Å². The molecule has 0 bridgehead atoms. The van der Waals surface area contributed by atoms with Gasteiger partial charge in [0.05, 0.1) is 0 Å². The Labute approximate surface area is 144 Å². The third-order valence-electron chi connectivity index (χ3n) is 4.54. The molecule has 1 fully saturated rings. The molecule has 0 aromatic carbocycles. The normalized spacial score (nSPS) is 17.2. The third kappa shape index (κ3) is 2.90. The van der Waals surface area contributed by atoms with Crippen LogP contribution >= 0.6 is 0 Å². The minimum Gasteiger partial charge on any atom is -0.336 e. The molecule has 1 atom stereocenters. The second-order valence-corrected chi connectivity index (χ2v) is 6.22. The highest BCUT2D eigenvalue weighted by Crippen LogP contribution is 2.28. The van der Waals surface area contributed by atoms with E-state index < -0.39 is 0 Å². The summed E-state index contributed by atoms with van der Waals surface area (Å²) >= 11 is 0. The largest absolute Gasteiger partial charge is 0.336 e. The lowest BCUT2D eigenvalue weighted by Crippen LogP contribution is -2.29. The topological polar surface area (TPSA) is 89.9 Å². The predicted octanol–water partition coefficient (Wildman–Crippen LogP) is 1.80. The van der Waals surface area contributed by atoms with Crippen LogP contribution < -0.4 is 0 Å². The maximum absolute atomic E-state index is 12.6. The van der Waals surface area contributed by atoms with Crippen LogP contribution in [0.15, 0.2) is 35.1 Å². The van der Waals surface area contributed by atoms with Crippen LogP contribution in [0.5, 0.6) is 0 Å². The van der Waals surface area contributed by atoms with Crippen molar-refractivity contribution >= 4 is 5.91 Å². The Morgan fingerprint density at radius 3 is 2.84 bits per heavy atom. The highest BCUT2D eigenvalue weighted by Gasteiger charge is 2.32. The van der Waals surface area contributed by atoms with Crippen LogP contribution in [-0.2, 0) is 7.05 Å². The molecule has 1 amide bonds. The molecule has 0 N–H and O–H groups in total. The minimum absolute atomic E-state index is 0.0518. The summed E-state index contributed by atoms with van der Waals surface area (Å²) in [6.07, 6.45) is 4.18. The van der Waals surface area contributed by atoms with E-state index in [4.69, 9.17) is 4.52 Å². The van der Waals surface area contributed by atoms with Crippen LogP contribution in [0.3, 0.4) is 0 Å². The van der Waals surface area contributed by atoms with Gasteiger partial charge < -0.3 is 9.42 Å². The Hall–Kier alpha value is -3.03. The van der Waals surface area contributed by atoms with Crippen molar-refractivity contribution in [2.75, 3.05) is 13.1 Å². The number of amides is 1. The molecule has 1 aliphatic heterocycles. The molecule has 1 aliphatic rings.